The Bertz CT molecular complexity index is 1280. The minimum atomic E-state index is -3.96. The minimum Gasteiger partial charge on any atom is -0.481 e. The average molecular weight is 494 g/mol. The number of carboxylic acid groups (broad SMARTS) is 1. The lowest BCUT2D eigenvalue weighted by Crippen LogP contribution is -2.43. The molecule has 2 aromatic rings. The van der Waals surface area contributed by atoms with E-state index in [1.807, 2.05) is 42.5 Å². The summed E-state index contributed by atoms with van der Waals surface area (Å²) in [6, 6.07) is 14.9. The first kappa shape index (κ1) is 24.5. The van der Waals surface area contributed by atoms with Crippen LogP contribution in [0.2, 0.25) is 0 Å². The van der Waals surface area contributed by atoms with Gasteiger partial charge in [0.2, 0.25) is 10.0 Å². The van der Waals surface area contributed by atoms with E-state index in [-0.39, 0.29) is 17.9 Å². The summed E-state index contributed by atoms with van der Waals surface area (Å²) in [4.78, 5) is 11.2. The van der Waals surface area contributed by atoms with Crippen molar-refractivity contribution >= 4 is 16.0 Å². The van der Waals surface area contributed by atoms with Crippen LogP contribution in [0, 0.1) is 0 Å². The summed E-state index contributed by atoms with van der Waals surface area (Å²) in [5.74, 6) is -0.508. The van der Waals surface area contributed by atoms with Crippen molar-refractivity contribution in [1.29, 1.82) is 0 Å². The third kappa shape index (κ3) is 6.09. The van der Waals surface area contributed by atoms with E-state index in [0.29, 0.717) is 18.6 Å². The Morgan fingerprint density at radius 1 is 1.06 bits per heavy atom. The average Bonchev–Trinajstić information content (AvgIpc) is 2.89. The fraction of sp³-hybridized carbons (Fsp3) is 0.222. The molecule has 0 saturated carbocycles. The van der Waals surface area contributed by atoms with Gasteiger partial charge in [-0.05, 0) is 48.1 Å². The van der Waals surface area contributed by atoms with E-state index in [1.165, 1.54) is 23.1 Å². The van der Waals surface area contributed by atoms with Crippen molar-refractivity contribution in [3.8, 4) is 0 Å². The monoisotopic (exact) mass is 493 g/mol. The third-order valence-corrected chi connectivity index (χ3v) is 7.61. The fourth-order valence-corrected chi connectivity index (χ4v) is 5.73. The molecule has 1 N–H and O–H groups in total. The highest BCUT2D eigenvalue weighted by molar-refractivity contribution is 7.89. The molecule has 7 nitrogen and oxygen atoms in total. The number of allylic oxidation sites excluding steroid dienone is 3. The second-order valence-corrected chi connectivity index (χ2v) is 10.1. The highest BCUT2D eigenvalue weighted by atomic mass is 32.2. The Kier molecular flexibility index (Phi) is 7.84. The van der Waals surface area contributed by atoms with Crippen LogP contribution in [-0.4, -0.2) is 29.8 Å². The van der Waals surface area contributed by atoms with Crippen LogP contribution in [0.25, 0.3) is 0 Å². The first-order valence-electron chi connectivity index (χ1n) is 11.3. The lowest BCUT2D eigenvalue weighted by Gasteiger charge is -2.34. The molecular weight excluding hydrogens is 466 g/mol. The number of aliphatic carboxylic acids is 1. The van der Waals surface area contributed by atoms with Gasteiger partial charge in [0.1, 0.15) is 24.8 Å². The molecule has 4 rings (SSSR count). The zero-order valence-electron chi connectivity index (χ0n) is 19.1. The standard InChI is InChI=1S/C27H27NO6S/c29-26(30)15-14-21-8-7-9-22(18-21)19-28(35(31,32)24-12-5-2-6-13-24)27(23-10-3-1-4-11-23)25-20-33-16-17-34-25/h1-3,5-10,12-13,16-18,20,27H,4,11,14-15,19H2,(H,29,30). The quantitative estimate of drug-likeness (QED) is 0.506. The lowest BCUT2D eigenvalue weighted by molar-refractivity contribution is -0.136. The predicted octanol–water partition coefficient (Wildman–Crippen LogP) is 4.90. The van der Waals surface area contributed by atoms with Gasteiger partial charge in [-0.25, -0.2) is 8.42 Å². The van der Waals surface area contributed by atoms with Gasteiger partial charge < -0.3 is 14.6 Å². The Balaban J connectivity index is 1.78. The maximum atomic E-state index is 14.0. The number of ether oxygens (including phenoxy) is 2. The molecule has 8 heteroatoms. The predicted molar refractivity (Wildman–Crippen MR) is 131 cm³/mol. The molecule has 0 amide bonds. The van der Waals surface area contributed by atoms with Crippen molar-refractivity contribution in [2.24, 2.45) is 0 Å². The number of carbonyl (C=O) groups is 1. The van der Waals surface area contributed by atoms with Crippen LogP contribution in [-0.2, 0) is 37.3 Å². The zero-order valence-corrected chi connectivity index (χ0v) is 19.9. The largest absolute Gasteiger partial charge is 0.481 e. The van der Waals surface area contributed by atoms with Crippen LogP contribution in [0.1, 0.15) is 30.4 Å². The smallest absolute Gasteiger partial charge is 0.303 e. The Labute approximate surface area is 205 Å². The van der Waals surface area contributed by atoms with Crippen LogP contribution in [0.4, 0.5) is 0 Å². The summed E-state index contributed by atoms with van der Waals surface area (Å²) >= 11 is 0. The summed E-state index contributed by atoms with van der Waals surface area (Å²) in [6.07, 6.45) is 11.9. The van der Waals surface area contributed by atoms with Crippen LogP contribution in [0.5, 0.6) is 0 Å². The number of sulfonamides is 1. The zero-order chi connectivity index (χ0) is 24.7. The van der Waals surface area contributed by atoms with Gasteiger partial charge in [0, 0.05) is 13.0 Å². The maximum absolute atomic E-state index is 14.0. The summed E-state index contributed by atoms with van der Waals surface area (Å²) in [5.41, 5.74) is 2.47. The summed E-state index contributed by atoms with van der Waals surface area (Å²) < 4.78 is 40.6. The van der Waals surface area contributed by atoms with Crippen molar-refractivity contribution in [2.45, 2.75) is 43.2 Å². The summed E-state index contributed by atoms with van der Waals surface area (Å²) in [5, 5.41) is 9.05. The molecule has 2 aliphatic rings. The first-order chi connectivity index (χ1) is 16.9. The topological polar surface area (TPSA) is 93.1 Å². The molecule has 1 aliphatic heterocycles. The molecule has 0 radical (unpaired) electrons. The Hall–Kier alpha value is -3.62. The number of rotatable bonds is 10. The highest BCUT2D eigenvalue weighted by Crippen LogP contribution is 2.33. The molecule has 1 unspecified atom stereocenters. The van der Waals surface area contributed by atoms with Gasteiger partial charge in [-0.1, -0.05) is 60.7 Å². The lowest BCUT2D eigenvalue weighted by atomic mass is 9.96. The normalized spacial score (nSPS) is 16.1. The van der Waals surface area contributed by atoms with Crippen molar-refractivity contribution in [2.75, 3.05) is 0 Å². The number of hydrogen-bond acceptors (Lipinski definition) is 5. The highest BCUT2D eigenvalue weighted by Gasteiger charge is 2.37. The van der Waals surface area contributed by atoms with Crippen molar-refractivity contribution in [3.63, 3.8) is 0 Å². The molecule has 0 fully saturated rings. The molecular formula is C27H27NO6S. The minimum absolute atomic E-state index is 0.00171. The number of nitrogens with zero attached hydrogens (tertiary/aromatic N) is 1. The maximum Gasteiger partial charge on any atom is 0.303 e. The molecule has 0 spiro atoms. The molecule has 0 saturated heterocycles. The number of hydrogen-bond donors (Lipinski definition) is 1. The van der Waals surface area contributed by atoms with Crippen molar-refractivity contribution < 1.29 is 27.8 Å². The molecule has 0 bridgehead atoms. The van der Waals surface area contributed by atoms with Gasteiger partial charge in [-0.15, -0.1) is 0 Å². The molecule has 1 aliphatic carbocycles. The van der Waals surface area contributed by atoms with E-state index in [0.717, 1.165) is 23.1 Å². The van der Waals surface area contributed by atoms with Gasteiger partial charge >= 0.3 is 5.97 Å². The molecule has 2 aromatic carbocycles. The van der Waals surface area contributed by atoms with Crippen molar-refractivity contribution in [1.82, 2.24) is 4.31 Å². The first-order valence-corrected chi connectivity index (χ1v) is 12.8. The van der Waals surface area contributed by atoms with Crippen LogP contribution in [0.3, 0.4) is 0 Å². The second-order valence-electron chi connectivity index (χ2n) is 8.23. The van der Waals surface area contributed by atoms with E-state index >= 15 is 0 Å². The second kappa shape index (κ2) is 11.2. The van der Waals surface area contributed by atoms with Gasteiger partial charge in [0.15, 0.2) is 5.76 Å². The van der Waals surface area contributed by atoms with Gasteiger partial charge in [-0.3, -0.25) is 4.79 Å². The van der Waals surface area contributed by atoms with E-state index in [1.54, 1.807) is 30.3 Å². The number of aryl methyl sites for hydroxylation is 1. The van der Waals surface area contributed by atoms with Gasteiger partial charge in [0.25, 0.3) is 0 Å². The van der Waals surface area contributed by atoms with E-state index < -0.39 is 22.0 Å². The van der Waals surface area contributed by atoms with Gasteiger partial charge in [-0.2, -0.15) is 4.31 Å². The molecule has 0 aromatic heterocycles. The third-order valence-electron chi connectivity index (χ3n) is 5.78. The van der Waals surface area contributed by atoms with E-state index in [4.69, 9.17) is 14.6 Å². The SMILES string of the molecule is O=C(O)CCc1cccc(CN(C(C2=CC=CCC2)C2=COC=CO2)S(=O)(=O)c2ccccc2)c1. The Morgan fingerprint density at radius 3 is 2.54 bits per heavy atom. The van der Waals surface area contributed by atoms with Crippen molar-refractivity contribution in [3.05, 3.63) is 114 Å². The summed E-state index contributed by atoms with van der Waals surface area (Å²) in [7, 11) is -3.96. The molecule has 1 atom stereocenters. The van der Waals surface area contributed by atoms with Crippen LogP contribution in [0.15, 0.2) is 108 Å². The molecule has 1 heterocycles. The van der Waals surface area contributed by atoms with Gasteiger partial charge in [0.05, 0.1) is 4.90 Å². The fourth-order valence-electron chi connectivity index (χ4n) is 4.12. The Morgan fingerprint density at radius 2 is 1.86 bits per heavy atom. The number of carboxylic acids is 1. The van der Waals surface area contributed by atoms with Crippen LogP contribution >= 0.6 is 0 Å². The molecule has 182 valence electrons. The van der Waals surface area contributed by atoms with Crippen LogP contribution < -0.4 is 0 Å². The summed E-state index contributed by atoms with van der Waals surface area (Å²) in [6.45, 7) is 0.0638. The van der Waals surface area contributed by atoms with E-state index in [2.05, 4.69) is 0 Å². The number of benzene rings is 2. The molecule has 35 heavy (non-hydrogen) atoms. The van der Waals surface area contributed by atoms with E-state index in [9.17, 15) is 13.2 Å².